The zero-order chi connectivity index (χ0) is 18.7. The van der Waals surface area contributed by atoms with E-state index in [4.69, 9.17) is 9.15 Å². The number of rotatable bonds is 4. The van der Waals surface area contributed by atoms with Gasteiger partial charge >= 0.3 is 5.97 Å². The lowest BCUT2D eigenvalue weighted by Gasteiger charge is -2.09. The van der Waals surface area contributed by atoms with Crippen LogP contribution < -0.4 is 10.1 Å². The minimum absolute atomic E-state index is 0.0912. The summed E-state index contributed by atoms with van der Waals surface area (Å²) in [5, 5.41) is 2.88. The van der Waals surface area contributed by atoms with Crippen molar-refractivity contribution < 1.29 is 18.7 Å². The van der Waals surface area contributed by atoms with Crippen LogP contribution in [0.15, 0.2) is 63.7 Å². The molecule has 26 heavy (non-hydrogen) atoms. The van der Waals surface area contributed by atoms with Gasteiger partial charge in [-0.1, -0.05) is 17.7 Å². The number of furan rings is 1. The molecule has 0 saturated carbocycles. The minimum atomic E-state index is -0.608. The van der Waals surface area contributed by atoms with Gasteiger partial charge in [-0.15, -0.1) is 0 Å². The Morgan fingerprint density at radius 3 is 2.35 bits per heavy atom. The fourth-order valence-corrected chi connectivity index (χ4v) is 2.71. The smallest absolute Gasteiger partial charge is 0.379 e. The van der Waals surface area contributed by atoms with E-state index in [1.54, 1.807) is 30.3 Å². The fraction of sp³-hybridized carbons (Fsp3) is 0.100. The summed E-state index contributed by atoms with van der Waals surface area (Å²) in [7, 11) is 0. The molecule has 132 valence electrons. The maximum atomic E-state index is 12.4. The molecule has 5 nitrogen and oxygen atoms in total. The molecule has 3 rings (SSSR count). The Morgan fingerprint density at radius 2 is 1.73 bits per heavy atom. The standard InChI is InChI=1S/C20H16BrNO4/c1-12-3-8-16(13(2)11-12)22-19(23)14-4-6-15(7-5-14)25-20(24)17-9-10-18(21)26-17/h3-11H,1-2H3,(H,22,23). The molecule has 0 aliphatic rings. The monoisotopic (exact) mass is 413 g/mol. The summed E-state index contributed by atoms with van der Waals surface area (Å²) in [5.41, 5.74) is 3.36. The van der Waals surface area contributed by atoms with E-state index in [9.17, 15) is 9.59 Å². The first-order chi connectivity index (χ1) is 12.4. The molecule has 0 fully saturated rings. The molecule has 1 N–H and O–H groups in total. The van der Waals surface area contributed by atoms with Crippen molar-refractivity contribution in [3.8, 4) is 5.75 Å². The second-order valence-corrected chi connectivity index (χ2v) is 6.57. The van der Waals surface area contributed by atoms with Crippen molar-refractivity contribution in [3.63, 3.8) is 0 Å². The van der Waals surface area contributed by atoms with Crippen LogP contribution in [0, 0.1) is 13.8 Å². The minimum Gasteiger partial charge on any atom is -0.442 e. The molecule has 0 aliphatic carbocycles. The molecule has 1 aromatic heterocycles. The summed E-state index contributed by atoms with van der Waals surface area (Å²) in [4.78, 5) is 24.3. The molecular weight excluding hydrogens is 398 g/mol. The van der Waals surface area contributed by atoms with E-state index in [0.717, 1.165) is 16.8 Å². The number of carbonyl (C=O) groups is 2. The SMILES string of the molecule is Cc1ccc(NC(=O)c2ccc(OC(=O)c3ccc(Br)o3)cc2)c(C)c1. The van der Waals surface area contributed by atoms with Crippen LogP contribution in [0.3, 0.4) is 0 Å². The summed E-state index contributed by atoms with van der Waals surface area (Å²) >= 11 is 3.13. The topological polar surface area (TPSA) is 68.5 Å². The molecule has 2 aromatic carbocycles. The highest BCUT2D eigenvalue weighted by molar-refractivity contribution is 9.10. The second kappa shape index (κ2) is 7.58. The van der Waals surface area contributed by atoms with Gasteiger partial charge in [0.05, 0.1) is 0 Å². The Bertz CT molecular complexity index is 960. The lowest BCUT2D eigenvalue weighted by Crippen LogP contribution is -2.13. The molecule has 0 spiro atoms. The van der Waals surface area contributed by atoms with Crippen LogP contribution >= 0.6 is 15.9 Å². The second-order valence-electron chi connectivity index (χ2n) is 5.79. The first-order valence-corrected chi connectivity index (χ1v) is 8.68. The Labute approximate surface area is 159 Å². The molecule has 1 amide bonds. The maximum absolute atomic E-state index is 12.4. The van der Waals surface area contributed by atoms with Crippen molar-refractivity contribution in [2.75, 3.05) is 5.32 Å². The lowest BCUT2D eigenvalue weighted by atomic mass is 10.1. The first-order valence-electron chi connectivity index (χ1n) is 7.88. The van der Waals surface area contributed by atoms with Gasteiger partial charge in [-0.2, -0.15) is 0 Å². The first kappa shape index (κ1) is 17.9. The fourth-order valence-electron chi connectivity index (χ4n) is 2.40. The molecular formula is C20H16BrNO4. The van der Waals surface area contributed by atoms with E-state index < -0.39 is 5.97 Å². The van der Waals surface area contributed by atoms with Gasteiger partial charge in [0.2, 0.25) is 5.76 Å². The van der Waals surface area contributed by atoms with E-state index in [0.29, 0.717) is 16.0 Å². The number of halogens is 1. The molecule has 0 atom stereocenters. The number of aryl methyl sites for hydroxylation is 2. The van der Waals surface area contributed by atoms with Gasteiger partial charge in [0.25, 0.3) is 5.91 Å². The van der Waals surface area contributed by atoms with Gasteiger partial charge in [-0.3, -0.25) is 4.79 Å². The number of ether oxygens (including phenoxy) is 1. The van der Waals surface area contributed by atoms with Crippen LogP contribution in [0.4, 0.5) is 5.69 Å². The predicted octanol–water partition coefficient (Wildman–Crippen LogP) is 5.13. The van der Waals surface area contributed by atoms with Crippen molar-refractivity contribution in [3.05, 3.63) is 81.7 Å². The van der Waals surface area contributed by atoms with E-state index in [1.165, 1.54) is 6.07 Å². The number of carbonyl (C=O) groups excluding carboxylic acids is 2. The predicted molar refractivity (Wildman–Crippen MR) is 102 cm³/mol. The molecule has 3 aromatic rings. The molecule has 0 unspecified atom stereocenters. The van der Waals surface area contributed by atoms with Crippen molar-refractivity contribution in [2.45, 2.75) is 13.8 Å². The van der Waals surface area contributed by atoms with Crippen LogP contribution in [-0.2, 0) is 0 Å². The Balaban J connectivity index is 1.66. The average Bonchev–Trinajstić information content (AvgIpc) is 3.04. The van der Waals surface area contributed by atoms with E-state index in [-0.39, 0.29) is 11.7 Å². The summed E-state index contributed by atoms with van der Waals surface area (Å²) in [6.45, 7) is 3.94. The molecule has 1 heterocycles. The Kier molecular flexibility index (Phi) is 5.23. The maximum Gasteiger partial charge on any atom is 0.379 e. The molecule has 6 heteroatoms. The van der Waals surface area contributed by atoms with Crippen molar-refractivity contribution in [1.82, 2.24) is 0 Å². The van der Waals surface area contributed by atoms with Crippen LogP contribution in [0.25, 0.3) is 0 Å². The van der Waals surface area contributed by atoms with Crippen LogP contribution in [0.5, 0.6) is 5.75 Å². The Morgan fingerprint density at radius 1 is 1.00 bits per heavy atom. The molecule has 0 radical (unpaired) electrons. The van der Waals surface area contributed by atoms with Crippen LogP contribution in [-0.4, -0.2) is 11.9 Å². The number of amides is 1. The summed E-state index contributed by atoms with van der Waals surface area (Å²) in [5.74, 6) is -0.424. The number of nitrogens with one attached hydrogen (secondary N) is 1. The van der Waals surface area contributed by atoms with E-state index in [1.807, 2.05) is 32.0 Å². The zero-order valence-corrected chi connectivity index (χ0v) is 15.8. The third kappa shape index (κ3) is 4.21. The van der Waals surface area contributed by atoms with Crippen molar-refractivity contribution in [2.24, 2.45) is 0 Å². The van der Waals surface area contributed by atoms with Gasteiger partial charge in [0.15, 0.2) is 4.67 Å². The van der Waals surface area contributed by atoms with Crippen molar-refractivity contribution in [1.29, 1.82) is 0 Å². The average molecular weight is 414 g/mol. The van der Waals surface area contributed by atoms with Gasteiger partial charge in [-0.25, -0.2) is 4.79 Å². The van der Waals surface area contributed by atoms with Crippen LogP contribution in [0.2, 0.25) is 0 Å². The quantitative estimate of drug-likeness (QED) is 0.475. The van der Waals surface area contributed by atoms with E-state index >= 15 is 0 Å². The highest BCUT2D eigenvalue weighted by Gasteiger charge is 2.14. The Hall–Kier alpha value is -2.86. The van der Waals surface area contributed by atoms with Crippen molar-refractivity contribution >= 4 is 33.5 Å². The van der Waals surface area contributed by atoms with Gasteiger partial charge in [-0.05, 0) is 77.8 Å². The number of hydrogen-bond donors (Lipinski definition) is 1. The van der Waals surface area contributed by atoms with Gasteiger partial charge < -0.3 is 14.5 Å². The van der Waals surface area contributed by atoms with Gasteiger partial charge in [0, 0.05) is 11.3 Å². The number of hydrogen-bond acceptors (Lipinski definition) is 4. The highest BCUT2D eigenvalue weighted by atomic mass is 79.9. The highest BCUT2D eigenvalue weighted by Crippen LogP contribution is 2.20. The van der Waals surface area contributed by atoms with Gasteiger partial charge in [0.1, 0.15) is 5.75 Å². The number of benzene rings is 2. The summed E-state index contributed by atoms with van der Waals surface area (Å²) in [6, 6.07) is 15.3. The third-order valence-electron chi connectivity index (χ3n) is 3.73. The molecule has 0 aliphatic heterocycles. The number of esters is 1. The van der Waals surface area contributed by atoms with Crippen LogP contribution in [0.1, 0.15) is 32.0 Å². The number of anilines is 1. The largest absolute Gasteiger partial charge is 0.442 e. The third-order valence-corrected chi connectivity index (χ3v) is 4.16. The lowest BCUT2D eigenvalue weighted by molar-refractivity contribution is 0.0700. The van der Waals surface area contributed by atoms with E-state index in [2.05, 4.69) is 21.2 Å². The molecule has 0 saturated heterocycles. The molecule has 0 bridgehead atoms. The zero-order valence-electron chi connectivity index (χ0n) is 14.2. The summed E-state index contributed by atoms with van der Waals surface area (Å²) < 4.78 is 10.8. The normalized spacial score (nSPS) is 10.4. The summed E-state index contributed by atoms with van der Waals surface area (Å²) in [6.07, 6.45) is 0.